The Balaban J connectivity index is 1.62. The molecule has 3 aromatic rings. The number of benzene rings is 2. The summed E-state index contributed by atoms with van der Waals surface area (Å²) in [7, 11) is 0. The van der Waals surface area contributed by atoms with Crippen LogP contribution in [0.25, 0.3) is 11.1 Å². The van der Waals surface area contributed by atoms with Crippen LogP contribution in [-0.4, -0.2) is 16.9 Å². The summed E-state index contributed by atoms with van der Waals surface area (Å²) in [4.78, 5) is 33.3. The van der Waals surface area contributed by atoms with Crippen molar-refractivity contribution in [1.29, 1.82) is 0 Å². The molecular formula is C20H15NO6S. The Morgan fingerprint density at radius 3 is 2.18 bits per heavy atom. The number of carbonyl (C=O) groups excluding carboxylic acids is 2. The van der Waals surface area contributed by atoms with Crippen LogP contribution in [0, 0.1) is 10.1 Å². The lowest BCUT2D eigenvalue weighted by Crippen LogP contribution is -2.04. The molecule has 28 heavy (non-hydrogen) atoms. The first-order valence-electron chi connectivity index (χ1n) is 8.20. The molecule has 0 amide bonds. The van der Waals surface area contributed by atoms with Crippen molar-refractivity contribution >= 4 is 28.3 Å². The van der Waals surface area contributed by atoms with Crippen LogP contribution in [0.5, 0.6) is 5.75 Å². The van der Waals surface area contributed by atoms with E-state index >= 15 is 0 Å². The fourth-order valence-electron chi connectivity index (χ4n) is 2.45. The van der Waals surface area contributed by atoms with Crippen molar-refractivity contribution in [3.8, 4) is 16.9 Å². The van der Waals surface area contributed by atoms with Gasteiger partial charge in [-0.25, -0.2) is 4.79 Å². The predicted octanol–water partition coefficient (Wildman–Crippen LogP) is 4.61. The Labute approximate surface area is 164 Å². The summed E-state index contributed by atoms with van der Waals surface area (Å²) in [5.74, 6) is -0.427. The molecule has 3 rings (SSSR count). The van der Waals surface area contributed by atoms with Crippen molar-refractivity contribution in [2.75, 3.05) is 0 Å². The molecule has 0 aliphatic heterocycles. The number of esters is 2. The van der Waals surface area contributed by atoms with E-state index in [1.54, 1.807) is 41.8 Å². The van der Waals surface area contributed by atoms with Crippen LogP contribution < -0.4 is 4.74 Å². The van der Waals surface area contributed by atoms with E-state index in [2.05, 4.69) is 0 Å². The highest BCUT2D eigenvalue weighted by atomic mass is 32.1. The topological polar surface area (TPSA) is 95.7 Å². The summed E-state index contributed by atoms with van der Waals surface area (Å²) in [6, 6.07) is 15.3. The molecule has 7 nitrogen and oxygen atoms in total. The van der Waals surface area contributed by atoms with Crippen LogP contribution in [-0.2, 0) is 16.1 Å². The van der Waals surface area contributed by atoms with Gasteiger partial charge in [0.05, 0.1) is 10.5 Å². The average molecular weight is 397 g/mol. The van der Waals surface area contributed by atoms with Gasteiger partial charge in [-0.15, -0.1) is 0 Å². The lowest BCUT2D eigenvalue weighted by atomic mass is 10.0. The van der Waals surface area contributed by atoms with Crippen molar-refractivity contribution in [2.45, 2.75) is 13.5 Å². The van der Waals surface area contributed by atoms with E-state index in [0.29, 0.717) is 16.9 Å². The van der Waals surface area contributed by atoms with Gasteiger partial charge >= 0.3 is 16.9 Å². The predicted molar refractivity (Wildman–Crippen MR) is 103 cm³/mol. The molecule has 0 aliphatic carbocycles. The number of nitrogens with zero attached hydrogens (tertiary/aromatic N) is 1. The molecule has 0 atom stereocenters. The molecule has 0 radical (unpaired) electrons. The summed E-state index contributed by atoms with van der Waals surface area (Å²) in [5.41, 5.74) is 2.75. The first kappa shape index (κ1) is 19.2. The first-order valence-corrected chi connectivity index (χ1v) is 9.08. The van der Waals surface area contributed by atoms with E-state index in [9.17, 15) is 19.7 Å². The second kappa shape index (κ2) is 8.45. The monoisotopic (exact) mass is 397 g/mol. The molecule has 0 aliphatic rings. The molecule has 1 aromatic heterocycles. The Morgan fingerprint density at radius 2 is 1.64 bits per heavy atom. The molecule has 0 saturated heterocycles. The zero-order valence-corrected chi connectivity index (χ0v) is 15.6. The van der Waals surface area contributed by atoms with Crippen LogP contribution in [0.1, 0.15) is 22.8 Å². The number of ether oxygens (including phenoxy) is 2. The molecular weight excluding hydrogens is 382 g/mol. The average Bonchev–Trinajstić information content (AvgIpc) is 3.16. The zero-order chi connectivity index (χ0) is 20.1. The molecule has 0 bridgehead atoms. The van der Waals surface area contributed by atoms with E-state index in [-0.39, 0.29) is 17.6 Å². The van der Waals surface area contributed by atoms with Crippen molar-refractivity contribution in [2.24, 2.45) is 0 Å². The normalized spacial score (nSPS) is 10.3. The minimum absolute atomic E-state index is 0.00937. The SMILES string of the molecule is CC(=O)Oc1ccc(-c2ccc(C(=O)OCc3csc([N+](=O)[O-])c3)cc2)cc1. The van der Waals surface area contributed by atoms with Crippen LogP contribution in [0.3, 0.4) is 0 Å². The molecule has 0 saturated carbocycles. The summed E-state index contributed by atoms with van der Waals surface area (Å²) in [6.07, 6.45) is 0. The largest absolute Gasteiger partial charge is 0.457 e. The highest BCUT2D eigenvalue weighted by molar-refractivity contribution is 7.13. The van der Waals surface area contributed by atoms with Crippen molar-refractivity contribution in [3.05, 3.63) is 81.2 Å². The van der Waals surface area contributed by atoms with Gasteiger partial charge in [0.1, 0.15) is 12.4 Å². The summed E-state index contributed by atoms with van der Waals surface area (Å²) in [6.45, 7) is 1.31. The molecule has 2 aromatic carbocycles. The minimum atomic E-state index is -0.509. The maximum absolute atomic E-state index is 12.2. The third kappa shape index (κ3) is 4.80. The number of thiophene rings is 1. The van der Waals surface area contributed by atoms with Crippen LogP contribution in [0.2, 0.25) is 0 Å². The van der Waals surface area contributed by atoms with Gasteiger partial charge in [0.15, 0.2) is 0 Å². The van der Waals surface area contributed by atoms with Gasteiger partial charge < -0.3 is 9.47 Å². The molecule has 0 fully saturated rings. The standard InChI is InChI=1S/C20H15NO6S/c1-13(22)27-18-8-6-16(7-9-18)15-2-4-17(5-3-15)20(23)26-11-14-10-19(21(24)25)28-12-14/h2-10,12H,11H2,1H3. The summed E-state index contributed by atoms with van der Waals surface area (Å²) in [5, 5.41) is 12.3. The fourth-order valence-corrected chi connectivity index (χ4v) is 3.16. The molecule has 1 heterocycles. The van der Waals surface area contributed by atoms with Gasteiger partial charge in [0.25, 0.3) is 0 Å². The van der Waals surface area contributed by atoms with Crippen molar-refractivity contribution in [3.63, 3.8) is 0 Å². The fraction of sp³-hybridized carbons (Fsp3) is 0.100. The van der Waals surface area contributed by atoms with Gasteiger partial charge in [0.2, 0.25) is 0 Å². The lowest BCUT2D eigenvalue weighted by Gasteiger charge is -2.06. The maximum atomic E-state index is 12.2. The third-order valence-corrected chi connectivity index (χ3v) is 4.69. The maximum Gasteiger partial charge on any atom is 0.338 e. The van der Waals surface area contributed by atoms with E-state index in [1.807, 2.05) is 12.1 Å². The highest BCUT2D eigenvalue weighted by Crippen LogP contribution is 2.25. The van der Waals surface area contributed by atoms with Crippen molar-refractivity contribution in [1.82, 2.24) is 0 Å². The number of hydrogen-bond acceptors (Lipinski definition) is 7. The van der Waals surface area contributed by atoms with E-state index in [0.717, 1.165) is 22.5 Å². The molecule has 0 spiro atoms. The Hall–Kier alpha value is -3.52. The molecule has 142 valence electrons. The number of hydrogen-bond donors (Lipinski definition) is 0. The van der Waals surface area contributed by atoms with Gasteiger partial charge in [-0.2, -0.15) is 0 Å². The van der Waals surface area contributed by atoms with Gasteiger partial charge in [-0.1, -0.05) is 35.6 Å². The van der Waals surface area contributed by atoms with Gasteiger partial charge in [0, 0.05) is 23.9 Å². The van der Waals surface area contributed by atoms with E-state index in [1.165, 1.54) is 13.0 Å². The van der Waals surface area contributed by atoms with Crippen LogP contribution >= 0.6 is 11.3 Å². The second-order valence-corrected chi connectivity index (χ2v) is 6.71. The second-order valence-electron chi connectivity index (χ2n) is 5.82. The molecule has 8 heteroatoms. The van der Waals surface area contributed by atoms with Gasteiger partial charge in [-0.3, -0.25) is 14.9 Å². The highest BCUT2D eigenvalue weighted by Gasteiger charge is 2.12. The number of rotatable bonds is 6. The summed E-state index contributed by atoms with van der Waals surface area (Å²) >= 11 is 0.991. The lowest BCUT2D eigenvalue weighted by molar-refractivity contribution is -0.380. The van der Waals surface area contributed by atoms with E-state index in [4.69, 9.17) is 9.47 Å². The van der Waals surface area contributed by atoms with Crippen LogP contribution in [0.4, 0.5) is 5.00 Å². The molecule has 0 N–H and O–H groups in total. The quantitative estimate of drug-likeness (QED) is 0.261. The Bertz CT molecular complexity index is 1010. The number of nitro groups is 1. The van der Waals surface area contributed by atoms with Gasteiger partial charge in [-0.05, 0) is 35.4 Å². The van der Waals surface area contributed by atoms with Crippen molar-refractivity contribution < 1.29 is 24.0 Å². The summed E-state index contributed by atoms with van der Waals surface area (Å²) < 4.78 is 10.2. The van der Waals surface area contributed by atoms with Crippen LogP contribution in [0.15, 0.2) is 60.0 Å². The minimum Gasteiger partial charge on any atom is -0.457 e. The molecule has 0 unspecified atom stereocenters. The first-order chi connectivity index (χ1) is 13.4. The third-order valence-electron chi connectivity index (χ3n) is 3.76. The zero-order valence-electron chi connectivity index (χ0n) is 14.8. The van der Waals surface area contributed by atoms with E-state index < -0.39 is 10.9 Å². The smallest absolute Gasteiger partial charge is 0.338 e. The number of carbonyl (C=O) groups is 2. The Morgan fingerprint density at radius 1 is 1.04 bits per heavy atom. The Kier molecular flexibility index (Phi) is 5.81.